The molecule has 1 fully saturated rings. The molecule has 212 valence electrons. The van der Waals surface area contributed by atoms with Crippen molar-refractivity contribution >= 4 is 55.3 Å². The Hall–Kier alpha value is -2.81. The molecule has 1 heterocycles. The number of halogens is 1. The van der Waals surface area contributed by atoms with Gasteiger partial charge in [0.25, 0.3) is 5.91 Å². The van der Waals surface area contributed by atoms with E-state index in [1.165, 1.54) is 45.0 Å². The fourth-order valence-corrected chi connectivity index (χ4v) is 6.75. The predicted molar refractivity (Wildman–Crippen MR) is 146 cm³/mol. The van der Waals surface area contributed by atoms with E-state index in [1.54, 1.807) is 26.0 Å². The zero-order valence-electron chi connectivity index (χ0n) is 21.5. The molecule has 0 unspecified atom stereocenters. The molecule has 39 heavy (non-hydrogen) atoms. The third kappa shape index (κ3) is 7.87. The van der Waals surface area contributed by atoms with E-state index < -0.39 is 38.5 Å². The van der Waals surface area contributed by atoms with E-state index in [0.717, 1.165) is 6.08 Å². The first-order valence-electron chi connectivity index (χ1n) is 12.1. The molecule has 0 bridgehead atoms. The molecular weight excluding hydrogens is 570 g/mol. The Balaban J connectivity index is 1.56. The van der Waals surface area contributed by atoms with E-state index in [1.807, 2.05) is 0 Å². The molecule has 0 aromatic heterocycles. The summed E-state index contributed by atoms with van der Waals surface area (Å²) in [4.78, 5) is 24.5. The average Bonchev–Trinajstić information content (AvgIpc) is 2.93. The third-order valence-electron chi connectivity index (χ3n) is 5.80. The van der Waals surface area contributed by atoms with Gasteiger partial charge in [-0.05, 0) is 42.0 Å². The number of hydrogen-bond donors (Lipinski definition) is 1. The van der Waals surface area contributed by atoms with Crippen LogP contribution in [-0.2, 0) is 39.1 Å². The molecule has 11 nitrogen and oxygen atoms in total. The Kier molecular flexibility index (Phi) is 10.6. The van der Waals surface area contributed by atoms with Crippen LogP contribution in [0.4, 0.5) is 5.69 Å². The number of nitrogens with one attached hydrogen (secondary N) is 1. The molecule has 2 aromatic carbocycles. The lowest BCUT2D eigenvalue weighted by Gasteiger charge is -2.26. The van der Waals surface area contributed by atoms with Crippen molar-refractivity contribution in [2.75, 3.05) is 51.3 Å². The highest BCUT2D eigenvalue weighted by Gasteiger charge is 2.26. The van der Waals surface area contributed by atoms with Crippen LogP contribution < -0.4 is 5.32 Å². The summed E-state index contributed by atoms with van der Waals surface area (Å²) in [7, 11) is -7.39. The minimum Gasteiger partial charge on any atom is -0.452 e. The van der Waals surface area contributed by atoms with E-state index >= 15 is 0 Å². The van der Waals surface area contributed by atoms with Crippen LogP contribution in [0, 0.1) is 0 Å². The number of hydrogen-bond acceptors (Lipinski definition) is 8. The van der Waals surface area contributed by atoms with Gasteiger partial charge in [-0.1, -0.05) is 37.6 Å². The molecule has 14 heteroatoms. The van der Waals surface area contributed by atoms with Gasteiger partial charge in [0.1, 0.15) is 0 Å². The van der Waals surface area contributed by atoms with Gasteiger partial charge in [0.2, 0.25) is 20.0 Å². The maximum absolute atomic E-state index is 12.7. The van der Waals surface area contributed by atoms with Crippen molar-refractivity contribution in [2.24, 2.45) is 0 Å². The zero-order chi connectivity index (χ0) is 28.6. The maximum Gasteiger partial charge on any atom is 0.331 e. The lowest BCUT2D eigenvalue weighted by molar-refractivity contribution is -0.142. The summed E-state index contributed by atoms with van der Waals surface area (Å²) in [5, 5.41) is 2.57. The second-order valence-corrected chi connectivity index (χ2v) is 12.6. The molecule has 0 atom stereocenters. The molecule has 0 saturated carbocycles. The average molecular weight is 600 g/mol. The Morgan fingerprint density at radius 1 is 1.03 bits per heavy atom. The molecule has 0 aliphatic carbocycles. The number of carbonyl (C=O) groups excluding carboxylic acids is 2. The molecule has 1 N–H and O–H groups in total. The number of ether oxygens (including phenoxy) is 2. The number of benzene rings is 2. The summed E-state index contributed by atoms with van der Waals surface area (Å²) >= 11 is 6.11. The number of morpholine rings is 1. The van der Waals surface area contributed by atoms with Crippen molar-refractivity contribution in [3.8, 4) is 0 Å². The molecular formula is C25H30ClN3O8S2. The summed E-state index contributed by atoms with van der Waals surface area (Å²) in [6, 6.07) is 9.94. The molecule has 0 spiro atoms. The second kappa shape index (κ2) is 13.5. The minimum absolute atomic E-state index is 0.0328. The maximum atomic E-state index is 12.7. The predicted octanol–water partition coefficient (Wildman–Crippen LogP) is 2.59. The Labute approximate surface area is 233 Å². The first kappa shape index (κ1) is 30.7. The van der Waals surface area contributed by atoms with Crippen LogP contribution in [0.15, 0.2) is 58.3 Å². The standard InChI is InChI=1S/C25H30ClN3O8S2/c1-3-28(4-2)39(34,35)21-10-11-22(26)23(17-21)27-24(30)18-37-25(31)12-7-19-5-8-20(9-6-19)38(32,33)29-13-15-36-16-14-29/h5-12,17H,3-4,13-16,18H2,1-2H3,(H,27,30). The summed E-state index contributed by atoms with van der Waals surface area (Å²) in [5.74, 6) is -1.52. The van der Waals surface area contributed by atoms with Crippen LogP contribution in [0.25, 0.3) is 6.08 Å². The van der Waals surface area contributed by atoms with Crippen LogP contribution in [-0.4, -0.2) is 83.3 Å². The normalized spacial score (nSPS) is 15.0. The number of rotatable bonds is 11. The van der Waals surface area contributed by atoms with Crippen molar-refractivity contribution in [1.82, 2.24) is 8.61 Å². The van der Waals surface area contributed by atoms with Crippen LogP contribution in [0.5, 0.6) is 0 Å². The molecule has 1 saturated heterocycles. The smallest absolute Gasteiger partial charge is 0.331 e. The minimum atomic E-state index is -3.76. The van der Waals surface area contributed by atoms with Crippen molar-refractivity contribution in [3.63, 3.8) is 0 Å². The van der Waals surface area contributed by atoms with E-state index in [0.29, 0.717) is 18.8 Å². The van der Waals surface area contributed by atoms with Crippen molar-refractivity contribution in [2.45, 2.75) is 23.6 Å². The van der Waals surface area contributed by atoms with Gasteiger partial charge in [-0.2, -0.15) is 8.61 Å². The van der Waals surface area contributed by atoms with Crippen molar-refractivity contribution < 1.29 is 35.9 Å². The van der Waals surface area contributed by atoms with Gasteiger partial charge in [0.15, 0.2) is 6.61 Å². The summed E-state index contributed by atoms with van der Waals surface area (Å²) < 4.78 is 63.6. The van der Waals surface area contributed by atoms with Gasteiger partial charge in [0.05, 0.1) is 33.7 Å². The molecule has 2 aromatic rings. The molecule has 3 rings (SSSR count). The number of nitrogens with zero attached hydrogens (tertiary/aromatic N) is 2. The number of sulfonamides is 2. The van der Waals surface area contributed by atoms with Gasteiger partial charge in [-0.3, -0.25) is 4.79 Å². The Bertz CT molecular complexity index is 1420. The first-order valence-corrected chi connectivity index (χ1v) is 15.4. The highest BCUT2D eigenvalue weighted by atomic mass is 35.5. The van der Waals surface area contributed by atoms with E-state index in [-0.39, 0.29) is 46.7 Å². The van der Waals surface area contributed by atoms with Crippen molar-refractivity contribution in [3.05, 3.63) is 59.1 Å². The Morgan fingerprint density at radius 2 is 1.64 bits per heavy atom. The highest BCUT2D eigenvalue weighted by molar-refractivity contribution is 7.89. The topological polar surface area (TPSA) is 139 Å². The number of amides is 1. The van der Waals surface area contributed by atoms with Gasteiger partial charge in [-0.25, -0.2) is 21.6 Å². The van der Waals surface area contributed by atoms with Crippen molar-refractivity contribution in [1.29, 1.82) is 0 Å². The van der Waals surface area contributed by atoms with E-state index in [4.69, 9.17) is 21.1 Å². The van der Waals surface area contributed by atoms with Crippen LogP contribution in [0.3, 0.4) is 0 Å². The number of anilines is 1. The SMILES string of the molecule is CCN(CC)S(=O)(=O)c1ccc(Cl)c(NC(=O)COC(=O)C=Cc2ccc(S(=O)(=O)N3CCOCC3)cc2)c1. The third-order valence-corrected chi connectivity index (χ3v) is 10.1. The largest absolute Gasteiger partial charge is 0.452 e. The quantitative estimate of drug-likeness (QED) is 0.307. The number of esters is 1. The number of carbonyl (C=O) groups is 2. The Morgan fingerprint density at radius 3 is 2.26 bits per heavy atom. The zero-order valence-corrected chi connectivity index (χ0v) is 23.9. The molecule has 1 amide bonds. The second-order valence-electron chi connectivity index (χ2n) is 8.31. The first-order chi connectivity index (χ1) is 18.5. The van der Waals surface area contributed by atoms with Gasteiger partial charge in [0, 0.05) is 32.3 Å². The van der Waals surface area contributed by atoms with Gasteiger partial charge < -0.3 is 14.8 Å². The molecule has 1 aliphatic rings. The molecule has 0 radical (unpaired) electrons. The van der Waals surface area contributed by atoms with Crippen LogP contribution in [0.1, 0.15) is 19.4 Å². The van der Waals surface area contributed by atoms with Gasteiger partial charge >= 0.3 is 5.97 Å². The van der Waals surface area contributed by atoms with E-state index in [9.17, 15) is 26.4 Å². The summed E-state index contributed by atoms with van der Waals surface area (Å²) in [6.07, 6.45) is 2.52. The molecule has 1 aliphatic heterocycles. The van der Waals surface area contributed by atoms with Crippen LogP contribution >= 0.6 is 11.6 Å². The van der Waals surface area contributed by atoms with Gasteiger partial charge in [-0.15, -0.1) is 0 Å². The fraction of sp³-hybridized carbons (Fsp3) is 0.360. The summed E-state index contributed by atoms with van der Waals surface area (Å²) in [6.45, 7) is 4.63. The lowest BCUT2D eigenvalue weighted by Crippen LogP contribution is -2.40. The van der Waals surface area contributed by atoms with E-state index in [2.05, 4.69) is 5.32 Å². The lowest BCUT2D eigenvalue weighted by atomic mass is 10.2. The summed E-state index contributed by atoms with van der Waals surface area (Å²) in [5.41, 5.74) is 0.615. The fourth-order valence-electron chi connectivity index (χ4n) is 3.70. The van der Waals surface area contributed by atoms with Crippen LogP contribution in [0.2, 0.25) is 5.02 Å². The highest BCUT2D eigenvalue weighted by Crippen LogP contribution is 2.27. The monoisotopic (exact) mass is 599 g/mol.